The number of nitrogens with one attached hydrogen (secondary N) is 2. The lowest BCUT2D eigenvalue weighted by Gasteiger charge is -2.17. The molecule has 10 rings (SSSR count). The quantitative estimate of drug-likeness (QED) is 0.174. The number of fused-ring (bicyclic) bond motifs is 6. The molecular weight excluding hydrogens is 749 g/mol. The van der Waals surface area contributed by atoms with Crippen molar-refractivity contribution >= 4 is 43.6 Å². The van der Waals surface area contributed by atoms with Crippen LogP contribution in [0.4, 0.5) is 0 Å². The number of aromatic nitrogens is 2. The third-order valence-electron chi connectivity index (χ3n) is 13.6. The van der Waals surface area contributed by atoms with Gasteiger partial charge in [-0.3, -0.25) is 0 Å². The third-order valence-corrected chi connectivity index (χ3v) is 13.6. The number of benzene rings is 8. The second-order valence-electron chi connectivity index (χ2n) is 18.8. The molecule has 10 aromatic rings. The molecule has 306 valence electrons. The molecule has 2 heteroatoms. The molecule has 0 radical (unpaired) electrons. The van der Waals surface area contributed by atoms with E-state index in [1.54, 1.807) is 0 Å². The molecule has 62 heavy (non-hydrogen) atoms. The largest absolute Gasteiger partial charge is 0.354 e. The Morgan fingerprint density at radius 3 is 0.806 bits per heavy atom. The van der Waals surface area contributed by atoms with Gasteiger partial charge in [0.25, 0.3) is 0 Å². The van der Waals surface area contributed by atoms with Crippen molar-refractivity contribution in [2.24, 2.45) is 0 Å². The van der Waals surface area contributed by atoms with E-state index in [1.165, 1.54) is 144 Å². The highest BCUT2D eigenvalue weighted by molar-refractivity contribution is 6.20. The van der Waals surface area contributed by atoms with E-state index in [0.29, 0.717) is 0 Å². The Kier molecular flexibility index (Phi) is 9.23. The molecule has 0 bridgehead atoms. The van der Waals surface area contributed by atoms with Crippen LogP contribution in [0.15, 0.2) is 109 Å². The molecule has 0 saturated heterocycles. The minimum atomic E-state index is 1.14. The van der Waals surface area contributed by atoms with Gasteiger partial charge in [0.15, 0.2) is 0 Å². The van der Waals surface area contributed by atoms with Gasteiger partial charge in [-0.2, -0.15) is 0 Å². The maximum absolute atomic E-state index is 4.00. The molecular formula is C60H56N2. The summed E-state index contributed by atoms with van der Waals surface area (Å²) in [6, 6.07) is 42.4. The number of hydrogen-bond donors (Lipinski definition) is 2. The van der Waals surface area contributed by atoms with E-state index < -0.39 is 0 Å². The summed E-state index contributed by atoms with van der Waals surface area (Å²) >= 11 is 0. The third kappa shape index (κ3) is 6.39. The van der Waals surface area contributed by atoms with E-state index in [2.05, 4.69) is 202 Å². The van der Waals surface area contributed by atoms with E-state index in [-0.39, 0.29) is 0 Å². The van der Waals surface area contributed by atoms with Crippen LogP contribution in [0.2, 0.25) is 0 Å². The summed E-state index contributed by atoms with van der Waals surface area (Å²) in [4.78, 5) is 8.00. The van der Waals surface area contributed by atoms with Crippen molar-refractivity contribution in [2.45, 2.75) is 83.1 Å². The Morgan fingerprint density at radius 2 is 0.516 bits per heavy atom. The molecule has 8 aromatic carbocycles. The first-order valence-corrected chi connectivity index (χ1v) is 22.2. The summed E-state index contributed by atoms with van der Waals surface area (Å²) in [5.41, 5.74) is 32.8. The highest BCUT2D eigenvalue weighted by Crippen LogP contribution is 2.46. The van der Waals surface area contributed by atoms with E-state index >= 15 is 0 Å². The zero-order valence-corrected chi connectivity index (χ0v) is 38.4. The van der Waals surface area contributed by atoms with Gasteiger partial charge in [0, 0.05) is 43.7 Å². The van der Waals surface area contributed by atoms with Crippen LogP contribution in [0, 0.1) is 83.1 Å². The number of H-pyrrole nitrogens is 2. The van der Waals surface area contributed by atoms with Crippen LogP contribution in [0.3, 0.4) is 0 Å². The molecule has 0 aliphatic heterocycles. The summed E-state index contributed by atoms with van der Waals surface area (Å²) < 4.78 is 0. The second-order valence-corrected chi connectivity index (χ2v) is 18.8. The van der Waals surface area contributed by atoms with Gasteiger partial charge in [0.1, 0.15) is 0 Å². The molecule has 0 unspecified atom stereocenters. The first-order valence-electron chi connectivity index (χ1n) is 22.2. The lowest BCUT2D eigenvalue weighted by Crippen LogP contribution is -1.94. The zero-order valence-electron chi connectivity index (χ0n) is 38.4. The van der Waals surface area contributed by atoms with E-state index in [0.717, 1.165) is 22.1 Å². The average Bonchev–Trinajstić information content (AvgIpc) is 3.74. The standard InChI is InChI=1S/C60H56N2/c1-31-17-35(5)55(36(6)18-31)43-13-15-53-47(25-43)49-27-45(57-39(9)21-33(3)22-40(57)10)29-51(59(49)61-53)52-30-46(58-41(11)23-34(4)24-42(58)12)28-50-48-26-44(14-16-54(48)62-60(50)52)56-37(7)19-32(2)20-38(56)8/h13-30,61-62H,1-12H3. The number of aromatic amines is 2. The van der Waals surface area contributed by atoms with Gasteiger partial charge in [0.05, 0.1) is 11.0 Å². The van der Waals surface area contributed by atoms with Gasteiger partial charge in [-0.05, 0) is 221 Å². The summed E-state index contributed by atoms with van der Waals surface area (Å²) in [6.07, 6.45) is 0. The fraction of sp³-hybridized carbons (Fsp3) is 0.200. The summed E-state index contributed by atoms with van der Waals surface area (Å²) in [5, 5.41) is 4.96. The molecule has 0 spiro atoms. The van der Waals surface area contributed by atoms with Crippen LogP contribution in [0.5, 0.6) is 0 Å². The molecule has 0 fully saturated rings. The molecule has 0 aliphatic carbocycles. The maximum atomic E-state index is 4.00. The number of hydrogen-bond acceptors (Lipinski definition) is 0. The van der Waals surface area contributed by atoms with E-state index in [1.807, 2.05) is 0 Å². The van der Waals surface area contributed by atoms with Crippen molar-refractivity contribution < 1.29 is 0 Å². The normalized spacial score (nSPS) is 11.9. The molecule has 0 amide bonds. The first kappa shape index (κ1) is 39.5. The highest BCUT2D eigenvalue weighted by Gasteiger charge is 2.22. The highest BCUT2D eigenvalue weighted by atomic mass is 14.7. The van der Waals surface area contributed by atoms with Gasteiger partial charge in [-0.25, -0.2) is 0 Å². The summed E-state index contributed by atoms with van der Waals surface area (Å²) in [6.45, 7) is 26.8. The molecule has 0 saturated carbocycles. The van der Waals surface area contributed by atoms with Crippen molar-refractivity contribution in [3.63, 3.8) is 0 Å². The molecule has 0 atom stereocenters. The molecule has 0 aliphatic rings. The minimum Gasteiger partial charge on any atom is -0.354 e. The van der Waals surface area contributed by atoms with Crippen LogP contribution >= 0.6 is 0 Å². The molecule has 2 heterocycles. The van der Waals surface area contributed by atoms with Crippen molar-refractivity contribution in [3.8, 4) is 55.6 Å². The predicted molar refractivity (Wildman–Crippen MR) is 269 cm³/mol. The molecule has 2 aromatic heterocycles. The Balaban J connectivity index is 1.33. The van der Waals surface area contributed by atoms with Gasteiger partial charge >= 0.3 is 0 Å². The van der Waals surface area contributed by atoms with Crippen molar-refractivity contribution in [1.29, 1.82) is 0 Å². The van der Waals surface area contributed by atoms with E-state index in [4.69, 9.17) is 0 Å². The molecule has 2 N–H and O–H groups in total. The predicted octanol–water partition coefficient (Wildman–Crippen LogP) is 17.0. The fourth-order valence-corrected chi connectivity index (χ4v) is 11.6. The minimum absolute atomic E-state index is 1.14. The Bertz CT molecular complexity index is 3200. The van der Waals surface area contributed by atoms with Crippen molar-refractivity contribution in [1.82, 2.24) is 9.97 Å². The van der Waals surface area contributed by atoms with Crippen molar-refractivity contribution in [3.05, 3.63) is 176 Å². The van der Waals surface area contributed by atoms with E-state index in [9.17, 15) is 0 Å². The molecule has 2 nitrogen and oxygen atoms in total. The summed E-state index contributed by atoms with van der Waals surface area (Å²) in [5.74, 6) is 0. The van der Waals surface area contributed by atoms with Gasteiger partial charge < -0.3 is 9.97 Å². The zero-order chi connectivity index (χ0) is 43.5. The van der Waals surface area contributed by atoms with Gasteiger partial charge in [-0.1, -0.05) is 82.9 Å². The monoisotopic (exact) mass is 804 g/mol. The van der Waals surface area contributed by atoms with Crippen molar-refractivity contribution in [2.75, 3.05) is 0 Å². The number of aryl methyl sites for hydroxylation is 12. The van der Waals surface area contributed by atoms with Crippen LogP contribution in [-0.2, 0) is 0 Å². The topological polar surface area (TPSA) is 31.6 Å². The van der Waals surface area contributed by atoms with Crippen LogP contribution in [-0.4, -0.2) is 9.97 Å². The second kappa shape index (κ2) is 14.5. The van der Waals surface area contributed by atoms with Gasteiger partial charge in [0.2, 0.25) is 0 Å². The lowest BCUT2D eigenvalue weighted by molar-refractivity contribution is 1.32. The van der Waals surface area contributed by atoms with Crippen LogP contribution < -0.4 is 0 Å². The summed E-state index contributed by atoms with van der Waals surface area (Å²) in [7, 11) is 0. The maximum Gasteiger partial charge on any atom is 0.0545 e. The van der Waals surface area contributed by atoms with Crippen LogP contribution in [0.25, 0.3) is 99.2 Å². The Labute approximate surface area is 366 Å². The van der Waals surface area contributed by atoms with Crippen LogP contribution in [0.1, 0.15) is 66.8 Å². The SMILES string of the molecule is Cc1cc(C)c(-c2ccc3[nH]c4c(-c5cc(-c6c(C)cc(C)cc6C)cc6c5[nH]c5ccc(-c7c(C)cc(C)cc7C)cc56)cc(-c5c(C)cc(C)cc5C)cc4c3c2)c(C)c1. The fourth-order valence-electron chi connectivity index (χ4n) is 11.6. The number of rotatable bonds is 5. The smallest absolute Gasteiger partial charge is 0.0545 e. The average molecular weight is 805 g/mol. The van der Waals surface area contributed by atoms with Gasteiger partial charge in [-0.15, -0.1) is 0 Å². The Hall–Kier alpha value is -6.64. The first-order chi connectivity index (χ1) is 29.6. The Morgan fingerprint density at radius 1 is 0.258 bits per heavy atom. The lowest BCUT2D eigenvalue weighted by atomic mass is 9.87.